The van der Waals surface area contributed by atoms with Gasteiger partial charge in [0, 0.05) is 10.9 Å². The minimum atomic E-state index is -0.183. The van der Waals surface area contributed by atoms with E-state index in [9.17, 15) is 5.11 Å². The molecule has 1 aromatic carbocycles. The van der Waals surface area contributed by atoms with Gasteiger partial charge in [-0.15, -0.1) is 0 Å². The molecule has 0 amide bonds. The molecule has 0 bridgehead atoms. The van der Waals surface area contributed by atoms with Crippen LogP contribution in [0.15, 0.2) is 18.2 Å². The summed E-state index contributed by atoms with van der Waals surface area (Å²) in [4.78, 5) is 0. The topological polar surface area (TPSA) is 20.2 Å². The first-order valence-corrected chi connectivity index (χ1v) is 6.00. The highest BCUT2D eigenvalue weighted by Crippen LogP contribution is 2.34. The van der Waals surface area contributed by atoms with Crippen molar-refractivity contribution in [2.75, 3.05) is 0 Å². The molecule has 0 aliphatic heterocycles. The summed E-state index contributed by atoms with van der Waals surface area (Å²) in [6.07, 6.45) is 4.19. The second kappa shape index (κ2) is 4.54. The van der Waals surface area contributed by atoms with Crippen LogP contribution in [-0.4, -0.2) is 11.2 Å². The summed E-state index contributed by atoms with van der Waals surface area (Å²) in [5, 5.41) is 10.7. The van der Waals surface area contributed by atoms with Crippen LogP contribution in [0.1, 0.15) is 42.7 Å². The molecular weight excluding hydrogens is 208 g/mol. The third-order valence-electron chi connectivity index (χ3n) is 3.35. The smallest absolute Gasteiger partial charge is 0.0608 e. The van der Waals surface area contributed by atoms with Crippen molar-refractivity contribution in [2.45, 2.75) is 44.6 Å². The molecule has 1 saturated carbocycles. The van der Waals surface area contributed by atoms with Crippen molar-refractivity contribution in [3.8, 4) is 0 Å². The fraction of sp³-hybridized carbons (Fsp3) is 0.538. The van der Waals surface area contributed by atoms with Gasteiger partial charge in [-0.05, 0) is 37.0 Å². The van der Waals surface area contributed by atoms with E-state index in [2.05, 4.69) is 6.07 Å². The van der Waals surface area contributed by atoms with Gasteiger partial charge in [-0.3, -0.25) is 0 Å². The van der Waals surface area contributed by atoms with E-state index in [-0.39, 0.29) is 12.0 Å². The van der Waals surface area contributed by atoms with Gasteiger partial charge in [0.15, 0.2) is 0 Å². The molecule has 0 aromatic heterocycles. The lowest BCUT2D eigenvalue weighted by Crippen LogP contribution is -2.22. The molecule has 1 aliphatic rings. The van der Waals surface area contributed by atoms with Gasteiger partial charge in [0.2, 0.25) is 0 Å². The van der Waals surface area contributed by atoms with Crippen LogP contribution in [-0.2, 0) is 0 Å². The number of aryl methyl sites for hydroxylation is 1. The summed E-state index contributed by atoms with van der Waals surface area (Å²) in [5.41, 5.74) is 2.29. The van der Waals surface area contributed by atoms with Gasteiger partial charge in [-0.1, -0.05) is 36.6 Å². The van der Waals surface area contributed by atoms with E-state index in [1.165, 1.54) is 12.0 Å². The Morgan fingerprint density at radius 1 is 1.27 bits per heavy atom. The van der Waals surface area contributed by atoms with Crippen molar-refractivity contribution < 1.29 is 5.11 Å². The van der Waals surface area contributed by atoms with Crippen molar-refractivity contribution in [3.63, 3.8) is 0 Å². The molecule has 0 heterocycles. The largest absolute Gasteiger partial charge is 0.392 e. The summed E-state index contributed by atoms with van der Waals surface area (Å²) >= 11 is 6.10. The second-order valence-electron chi connectivity index (χ2n) is 4.47. The fourth-order valence-electron chi connectivity index (χ4n) is 2.34. The Bertz CT molecular complexity index is 348. The molecular formula is C13H17ClO. The van der Waals surface area contributed by atoms with Crippen molar-refractivity contribution in [3.05, 3.63) is 34.3 Å². The predicted octanol–water partition coefficient (Wildman–Crippen LogP) is 3.67. The van der Waals surface area contributed by atoms with E-state index < -0.39 is 0 Å². The van der Waals surface area contributed by atoms with E-state index in [1.54, 1.807) is 0 Å². The number of halogens is 1. The van der Waals surface area contributed by atoms with Gasteiger partial charge < -0.3 is 5.11 Å². The maximum atomic E-state index is 9.94. The van der Waals surface area contributed by atoms with Crippen LogP contribution in [0.4, 0.5) is 0 Å². The van der Waals surface area contributed by atoms with Crippen molar-refractivity contribution in [1.82, 2.24) is 0 Å². The van der Waals surface area contributed by atoms with Gasteiger partial charge in [0.25, 0.3) is 0 Å². The molecule has 2 atom stereocenters. The van der Waals surface area contributed by atoms with Crippen molar-refractivity contribution >= 4 is 11.6 Å². The van der Waals surface area contributed by atoms with Crippen LogP contribution in [0, 0.1) is 6.92 Å². The number of aliphatic hydroxyl groups excluding tert-OH is 1. The number of hydrogen-bond donors (Lipinski definition) is 1. The highest BCUT2D eigenvalue weighted by molar-refractivity contribution is 6.31. The molecule has 2 unspecified atom stereocenters. The van der Waals surface area contributed by atoms with Crippen LogP contribution in [0.5, 0.6) is 0 Å². The first-order chi connectivity index (χ1) is 7.18. The average Bonchev–Trinajstić information content (AvgIpc) is 2.23. The maximum absolute atomic E-state index is 9.94. The zero-order valence-electron chi connectivity index (χ0n) is 9.04. The lowest BCUT2D eigenvalue weighted by atomic mass is 9.81. The van der Waals surface area contributed by atoms with Gasteiger partial charge >= 0.3 is 0 Å². The summed E-state index contributed by atoms with van der Waals surface area (Å²) in [6, 6.07) is 6.15. The van der Waals surface area contributed by atoms with Crippen molar-refractivity contribution in [1.29, 1.82) is 0 Å². The third-order valence-corrected chi connectivity index (χ3v) is 3.76. The Morgan fingerprint density at radius 3 is 2.67 bits per heavy atom. The second-order valence-corrected chi connectivity index (χ2v) is 4.87. The molecule has 0 saturated heterocycles. The Hall–Kier alpha value is -0.530. The molecule has 2 heteroatoms. The monoisotopic (exact) mass is 224 g/mol. The summed E-state index contributed by atoms with van der Waals surface area (Å²) in [5.74, 6) is 0.289. The predicted molar refractivity (Wildman–Crippen MR) is 63.4 cm³/mol. The van der Waals surface area contributed by atoms with Gasteiger partial charge in [-0.2, -0.15) is 0 Å². The minimum Gasteiger partial charge on any atom is -0.392 e. The van der Waals surface area contributed by atoms with E-state index in [1.807, 2.05) is 19.1 Å². The molecule has 0 radical (unpaired) electrons. The van der Waals surface area contributed by atoms with Crippen LogP contribution in [0.3, 0.4) is 0 Å². The minimum absolute atomic E-state index is 0.183. The molecule has 1 nitrogen and oxygen atoms in total. The van der Waals surface area contributed by atoms with E-state index in [0.29, 0.717) is 0 Å². The Morgan fingerprint density at radius 2 is 2.00 bits per heavy atom. The van der Waals surface area contributed by atoms with Gasteiger partial charge in [0.05, 0.1) is 6.10 Å². The van der Waals surface area contributed by atoms with E-state index in [0.717, 1.165) is 29.8 Å². The molecule has 1 aliphatic carbocycles. The molecule has 82 valence electrons. The quantitative estimate of drug-likeness (QED) is 0.772. The number of hydrogen-bond acceptors (Lipinski definition) is 1. The fourth-order valence-corrected chi connectivity index (χ4v) is 2.53. The molecule has 0 spiro atoms. The number of rotatable bonds is 1. The van der Waals surface area contributed by atoms with Gasteiger partial charge in [0.1, 0.15) is 0 Å². The SMILES string of the molecule is Cc1ccc(C2CCCCC2O)cc1Cl. The highest BCUT2D eigenvalue weighted by atomic mass is 35.5. The standard InChI is InChI=1S/C13H17ClO/c1-9-6-7-10(8-12(9)14)11-4-2-3-5-13(11)15/h6-8,11,13,15H,2-5H2,1H3. The highest BCUT2D eigenvalue weighted by Gasteiger charge is 2.24. The Balaban J connectivity index is 2.24. The third kappa shape index (κ3) is 2.35. The van der Waals surface area contributed by atoms with Crippen LogP contribution in [0.25, 0.3) is 0 Å². The lowest BCUT2D eigenvalue weighted by Gasteiger charge is -2.28. The lowest BCUT2D eigenvalue weighted by molar-refractivity contribution is 0.106. The van der Waals surface area contributed by atoms with Crippen LogP contribution in [0.2, 0.25) is 5.02 Å². The molecule has 2 rings (SSSR count). The number of benzene rings is 1. The van der Waals surface area contributed by atoms with E-state index >= 15 is 0 Å². The average molecular weight is 225 g/mol. The van der Waals surface area contributed by atoms with Gasteiger partial charge in [-0.25, -0.2) is 0 Å². The number of aliphatic hydroxyl groups is 1. The molecule has 1 aromatic rings. The summed E-state index contributed by atoms with van der Waals surface area (Å²) < 4.78 is 0. The first kappa shape index (κ1) is 11.0. The molecule has 1 N–H and O–H groups in total. The first-order valence-electron chi connectivity index (χ1n) is 5.62. The zero-order chi connectivity index (χ0) is 10.8. The van der Waals surface area contributed by atoms with Crippen LogP contribution < -0.4 is 0 Å². The van der Waals surface area contributed by atoms with Crippen LogP contribution >= 0.6 is 11.6 Å². The summed E-state index contributed by atoms with van der Waals surface area (Å²) in [6.45, 7) is 2.00. The normalized spacial score (nSPS) is 26.6. The zero-order valence-corrected chi connectivity index (χ0v) is 9.80. The Kier molecular flexibility index (Phi) is 3.32. The van der Waals surface area contributed by atoms with E-state index in [4.69, 9.17) is 11.6 Å². The maximum Gasteiger partial charge on any atom is 0.0608 e. The summed E-state index contributed by atoms with van der Waals surface area (Å²) in [7, 11) is 0. The van der Waals surface area contributed by atoms with Crippen molar-refractivity contribution in [2.24, 2.45) is 0 Å². The molecule has 1 fully saturated rings. The Labute approximate surface area is 96.1 Å². The molecule has 15 heavy (non-hydrogen) atoms.